The van der Waals surface area contributed by atoms with Gasteiger partial charge in [-0.1, -0.05) is 92.2 Å². The molecule has 0 aromatic carbocycles. The van der Waals surface area contributed by atoms with Gasteiger partial charge in [0.25, 0.3) is 0 Å². The summed E-state index contributed by atoms with van der Waals surface area (Å²) in [5.41, 5.74) is 0. The monoisotopic (exact) mass is 615 g/mol. The highest BCUT2D eigenvalue weighted by Gasteiger charge is 2.15. The predicted molar refractivity (Wildman–Crippen MR) is 178 cm³/mol. The third-order valence-corrected chi connectivity index (χ3v) is 6.58. The minimum atomic E-state index is -0.480. The molecular weight excluding hydrogens is 544 g/mol. The average molecular weight is 615 g/mol. The van der Waals surface area contributed by atoms with Crippen molar-refractivity contribution in [3.05, 3.63) is 24.3 Å². The first-order valence-electron chi connectivity index (χ1n) is 17.8. The Kier molecular flexibility index (Phi) is 33.4. The molecule has 256 valence electrons. The zero-order valence-electron chi connectivity index (χ0n) is 29.0. The summed E-state index contributed by atoms with van der Waals surface area (Å²) in [7, 11) is 0. The molecule has 0 saturated carbocycles. The topological polar surface area (TPSA) is 64.6 Å². The molecule has 0 aliphatic carbocycles. The predicted octanol–water partition coefficient (Wildman–Crippen LogP) is 9.88. The van der Waals surface area contributed by atoms with Crippen molar-refractivity contribution >= 4 is 0 Å². The smallest absolute Gasteiger partial charge is 0.180 e. The molecule has 0 amide bonds. The molecule has 0 radical (unpaired) electrons. The molecule has 0 bridgehead atoms. The highest BCUT2D eigenvalue weighted by molar-refractivity contribution is 4.90. The summed E-state index contributed by atoms with van der Waals surface area (Å²) in [5, 5.41) is 0. The Labute approximate surface area is 266 Å². The molecule has 7 nitrogen and oxygen atoms in total. The van der Waals surface area contributed by atoms with Gasteiger partial charge in [0.15, 0.2) is 25.2 Å². The lowest BCUT2D eigenvalue weighted by molar-refractivity contribution is -0.208. The quantitative estimate of drug-likeness (QED) is 0.0406. The fraction of sp³-hybridized carbons (Fsp3) is 0.889. The standard InChI is InChI=1S/C36H70O7/c1-7-13-15-21-31-41-35(25-19-17-23-33(37-27-9-3)38-28-10-4)43-36(42-32-22-16-14-8-2)26-20-18-24-34(39-29-11-5)40-30-12-6/h19-20,25-26,33-36H,7-18,21-24,27-32H2,1-6H3. The van der Waals surface area contributed by atoms with Crippen LogP contribution >= 0.6 is 0 Å². The first kappa shape index (κ1) is 42.2. The summed E-state index contributed by atoms with van der Waals surface area (Å²) in [6.45, 7) is 17.1. The van der Waals surface area contributed by atoms with Crippen molar-refractivity contribution in [1.29, 1.82) is 0 Å². The van der Waals surface area contributed by atoms with Crippen LogP contribution in [0, 0.1) is 0 Å². The minimum absolute atomic E-state index is 0.174. The molecule has 7 heteroatoms. The molecule has 0 aliphatic heterocycles. The van der Waals surface area contributed by atoms with E-state index in [1.165, 1.54) is 25.7 Å². The van der Waals surface area contributed by atoms with Crippen LogP contribution in [0.5, 0.6) is 0 Å². The lowest BCUT2D eigenvalue weighted by atomic mass is 10.2. The molecular formula is C36H70O7. The highest BCUT2D eigenvalue weighted by Crippen LogP contribution is 2.14. The summed E-state index contributed by atoms with van der Waals surface area (Å²) in [4.78, 5) is 0. The second-order valence-corrected chi connectivity index (χ2v) is 11.1. The van der Waals surface area contributed by atoms with Gasteiger partial charge in [0.2, 0.25) is 0 Å². The van der Waals surface area contributed by atoms with Crippen LogP contribution in [0.25, 0.3) is 0 Å². The van der Waals surface area contributed by atoms with Crippen LogP contribution in [0.15, 0.2) is 24.3 Å². The number of hydrogen-bond donors (Lipinski definition) is 0. The Balaban J connectivity index is 5.30. The van der Waals surface area contributed by atoms with Crippen molar-refractivity contribution in [2.24, 2.45) is 0 Å². The van der Waals surface area contributed by atoms with Crippen molar-refractivity contribution < 1.29 is 33.2 Å². The molecule has 0 heterocycles. The van der Waals surface area contributed by atoms with E-state index in [0.29, 0.717) is 39.6 Å². The van der Waals surface area contributed by atoms with E-state index in [0.717, 1.165) is 77.0 Å². The summed E-state index contributed by atoms with van der Waals surface area (Å²) in [6, 6.07) is 0. The number of unbranched alkanes of at least 4 members (excludes halogenated alkanes) is 6. The van der Waals surface area contributed by atoms with Gasteiger partial charge in [-0.15, -0.1) is 0 Å². The first-order chi connectivity index (χ1) is 21.1. The zero-order valence-corrected chi connectivity index (χ0v) is 29.0. The highest BCUT2D eigenvalue weighted by atomic mass is 16.8. The van der Waals surface area contributed by atoms with Gasteiger partial charge in [-0.3, -0.25) is 0 Å². The lowest BCUT2D eigenvalue weighted by Crippen LogP contribution is -2.25. The van der Waals surface area contributed by atoms with E-state index < -0.39 is 12.6 Å². The van der Waals surface area contributed by atoms with Crippen LogP contribution in [0.1, 0.15) is 144 Å². The molecule has 0 spiro atoms. The van der Waals surface area contributed by atoms with Crippen molar-refractivity contribution in [2.45, 2.75) is 169 Å². The van der Waals surface area contributed by atoms with Crippen LogP contribution in [-0.2, 0) is 33.2 Å². The van der Waals surface area contributed by atoms with Crippen LogP contribution in [-0.4, -0.2) is 64.8 Å². The second-order valence-electron chi connectivity index (χ2n) is 11.1. The Morgan fingerprint density at radius 3 is 1.09 bits per heavy atom. The average Bonchev–Trinajstić information content (AvgIpc) is 3.02. The molecule has 0 aliphatic rings. The van der Waals surface area contributed by atoms with E-state index in [9.17, 15) is 0 Å². The maximum absolute atomic E-state index is 6.39. The van der Waals surface area contributed by atoms with E-state index in [-0.39, 0.29) is 12.6 Å². The molecule has 2 unspecified atom stereocenters. The van der Waals surface area contributed by atoms with E-state index in [4.69, 9.17) is 33.2 Å². The maximum Gasteiger partial charge on any atom is 0.180 e. The number of allylic oxidation sites excluding steroid dienone is 2. The van der Waals surface area contributed by atoms with Gasteiger partial charge in [-0.25, -0.2) is 0 Å². The lowest BCUT2D eigenvalue weighted by Gasteiger charge is -2.22. The zero-order chi connectivity index (χ0) is 31.6. The Morgan fingerprint density at radius 1 is 0.395 bits per heavy atom. The molecule has 0 fully saturated rings. The number of hydrogen-bond acceptors (Lipinski definition) is 7. The van der Waals surface area contributed by atoms with Crippen LogP contribution < -0.4 is 0 Å². The first-order valence-corrected chi connectivity index (χ1v) is 17.8. The Hall–Kier alpha value is -0.800. The van der Waals surface area contributed by atoms with Crippen molar-refractivity contribution in [1.82, 2.24) is 0 Å². The third kappa shape index (κ3) is 28.4. The van der Waals surface area contributed by atoms with E-state index in [2.05, 4.69) is 53.7 Å². The normalized spacial score (nSPS) is 13.8. The summed E-state index contributed by atoms with van der Waals surface area (Å²) < 4.78 is 42.4. The fourth-order valence-electron chi connectivity index (χ4n) is 4.18. The Morgan fingerprint density at radius 2 is 0.767 bits per heavy atom. The molecule has 2 atom stereocenters. The molecule has 0 rings (SSSR count). The van der Waals surface area contributed by atoms with Crippen LogP contribution in [0.4, 0.5) is 0 Å². The largest absolute Gasteiger partial charge is 0.353 e. The second kappa shape index (κ2) is 34.1. The van der Waals surface area contributed by atoms with Gasteiger partial charge in [0, 0.05) is 39.3 Å². The SMILES string of the molecule is CCCCCCOC(C=CCCC(OCCC)OCCC)OC(C=CCCC(OCCC)OCCC)OCCCCCC. The third-order valence-electron chi connectivity index (χ3n) is 6.58. The van der Waals surface area contributed by atoms with Gasteiger partial charge in [0.05, 0.1) is 13.2 Å². The van der Waals surface area contributed by atoms with Gasteiger partial charge >= 0.3 is 0 Å². The van der Waals surface area contributed by atoms with E-state index >= 15 is 0 Å². The number of ether oxygens (including phenoxy) is 7. The van der Waals surface area contributed by atoms with Gasteiger partial charge in [0.1, 0.15) is 0 Å². The van der Waals surface area contributed by atoms with Crippen LogP contribution in [0.3, 0.4) is 0 Å². The van der Waals surface area contributed by atoms with Crippen molar-refractivity contribution in [3.63, 3.8) is 0 Å². The molecule has 0 saturated heterocycles. The van der Waals surface area contributed by atoms with Gasteiger partial charge < -0.3 is 33.2 Å². The molecule has 0 aromatic heterocycles. The Bertz CT molecular complexity index is 532. The van der Waals surface area contributed by atoms with Crippen molar-refractivity contribution in [3.8, 4) is 0 Å². The van der Waals surface area contributed by atoms with Gasteiger partial charge in [-0.2, -0.15) is 0 Å². The fourth-order valence-corrected chi connectivity index (χ4v) is 4.18. The van der Waals surface area contributed by atoms with Crippen molar-refractivity contribution in [2.75, 3.05) is 39.6 Å². The molecule has 0 aromatic rings. The summed E-state index contributed by atoms with van der Waals surface area (Å²) in [6.07, 6.45) is 23.4. The minimum Gasteiger partial charge on any atom is -0.353 e. The van der Waals surface area contributed by atoms with Gasteiger partial charge in [-0.05, 0) is 63.5 Å². The van der Waals surface area contributed by atoms with E-state index in [1.54, 1.807) is 0 Å². The van der Waals surface area contributed by atoms with Crippen LogP contribution in [0.2, 0.25) is 0 Å². The van der Waals surface area contributed by atoms with E-state index in [1.807, 2.05) is 12.2 Å². The number of rotatable bonds is 34. The summed E-state index contributed by atoms with van der Waals surface area (Å²) in [5.74, 6) is 0. The summed E-state index contributed by atoms with van der Waals surface area (Å²) >= 11 is 0. The molecule has 43 heavy (non-hydrogen) atoms. The maximum atomic E-state index is 6.39. The molecule has 0 N–H and O–H groups in total.